The predicted octanol–water partition coefficient (Wildman–Crippen LogP) is 0.543. The van der Waals surface area contributed by atoms with Gasteiger partial charge in [-0.2, -0.15) is 4.31 Å². The number of sulfonamides is 1. The maximum atomic E-state index is 11.9. The van der Waals surface area contributed by atoms with Gasteiger partial charge in [0.15, 0.2) is 5.94 Å². The first kappa shape index (κ1) is 16.7. The normalized spacial score (nSPS) is 18.7. The molecule has 0 spiro atoms. The van der Waals surface area contributed by atoms with Gasteiger partial charge in [0, 0.05) is 32.4 Å². The molecule has 118 valence electrons. The van der Waals surface area contributed by atoms with E-state index in [4.69, 9.17) is 16.5 Å². The molecule has 1 aliphatic heterocycles. The van der Waals surface area contributed by atoms with Crippen LogP contribution >= 0.6 is 19.9 Å². The highest BCUT2D eigenvalue weighted by atomic mass is 35.5. The molecule has 0 amide bonds. The molecule has 1 saturated heterocycles. The number of halogens is 1. The average molecular weight is 356 g/mol. The predicted molar refractivity (Wildman–Crippen MR) is 79.1 cm³/mol. The maximum absolute atomic E-state index is 11.9. The summed E-state index contributed by atoms with van der Waals surface area (Å²) in [4.78, 5) is 14.7. The molecule has 1 aliphatic rings. The van der Waals surface area contributed by atoms with Crippen LogP contribution < -0.4 is 4.90 Å². The number of anilines is 1. The summed E-state index contributed by atoms with van der Waals surface area (Å²) < 4.78 is 39.8. The summed E-state index contributed by atoms with van der Waals surface area (Å²) in [6, 6.07) is 3.49. The van der Waals surface area contributed by atoms with E-state index < -0.39 is 24.2 Å². The van der Waals surface area contributed by atoms with Gasteiger partial charge in [-0.3, -0.25) is 9.09 Å². The number of aromatic nitrogens is 1. The lowest BCUT2D eigenvalue weighted by atomic mass is 10.3. The third-order valence-corrected chi connectivity index (χ3v) is 5.39. The highest BCUT2D eigenvalue weighted by Gasteiger charge is 2.27. The zero-order chi connectivity index (χ0) is 15.5. The Morgan fingerprint density at radius 3 is 2.52 bits per heavy atom. The number of hydrogen-bond acceptors (Lipinski definition) is 6. The largest absolute Gasteiger partial charge is 0.354 e. The van der Waals surface area contributed by atoms with Crippen LogP contribution in [0.3, 0.4) is 0 Å². The zero-order valence-corrected chi connectivity index (χ0v) is 13.5. The van der Waals surface area contributed by atoms with E-state index in [9.17, 15) is 13.0 Å². The van der Waals surface area contributed by atoms with Gasteiger partial charge < -0.3 is 9.79 Å². The molecular weight excluding hydrogens is 341 g/mol. The van der Waals surface area contributed by atoms with Crippen LogP contribution in [-0.2, 0) is 19.1 Å². The lowest BCUT2D eigenvalue weighted by Gasteiger charge is -2.34. The molecule has 1 aromatic rings. The van der Waals surface area contributed by atoms with Crippen LogP contribution in [0.1, 0.15) is 0 Å². The average Bonchev–Trinajstić information content (AvgIpc) is 2.46. The van der Waals surface area contributed by atoms with Crippen LogP contribution in [-0.4, -0.2) is 54.7 Å². The van der Waals surface area contributed by atoms with Crippen molar-refractivity contribution in [3.8, 4) is 0 Å². The first-order valence-corrected chi connectivity index (χ1v) is 9.33. The number of pyridine rings is 1. The van der Waals surface area contributed by atoms with Gasteiger partial charge in [-0.25, -0.2) is 13.4 Å². The molecule has 2 heterocycles. The lowest BCUT2D eigenvalue weighted by molar-refractivity contribution is 0.305. The number of rotatable bonds is 5. The Kier molecular flexibility index (Phi) is 5.59. The van der Waals surface area contributed by atoms with Crippen LogP contribution in [0, 0.1) is 0 Å². The van der Waals surface area contributed by atoms with Gasteiger partial charge >= 0.3 is 8.25 Å². The van der Waals surface area contributed by atoms with E-state index in [0.29, 0.717) is 18.1 Å². The zero-order valence-electron chi connectivity index (χ0n) is 11.0. The smallest absolute Gasteiger partial charge is 0.317 e. The molecule has 1 aromatic heterocycles. The monoisotopic (exact) mass is 355 g/mol. The topological polar surface area (TPSA) is 100 Å². The van der Waals surface area contributed by atoms with E-state index in [1.165, 1.54) is 10.5 Å². The van der Waals surface area contributed by atoms with E-state index in [-0.39, 0.29) is 13.1 Å². The molecule has 2 rings (SSSR count). The van der Waals surface area contributed by atoms with Crippen LogP contribution in [0.15, 0.2) is 18.3 Å². The van der Waals surface area contributed by atoms with Gasteiger partial charge in [-0.05, 0) is 12.1 Å². The quantitative estimate of drug-likeness (QED) is 0.769. The molecule has 0 aromatic carbocycles. The second-order valence-electron chi connectivity index (χ2n) is 4.36. The minimum atomic E-state index is -3.68. The SMILES string of the molecule is O=[PH](O)OCS(=O)(=O)N1CCN(c2ccc(Cl)cn2)CC1. The van der Waals surface area contributed by atoms with Crippen molar-refractivity contribution in [2.75, 3.05) is 37.0 Å². The Bertz CT molecular complexity index is 604. The second-order valence-corrected chi connectivity index (χ2v) is 7.53. The van der Waals surface area contributed by atoms with Gasteiger partial charge in [0.1, 0.15) is 5.82 Å². The Hall–Kier alpha value is -0.700. The van der Waals surface area contributed by atoms with Crippen molar-refractivity contribution in [2.24, 2.45) is 0 Å². The fraction of sp³-hybridized carbons (Fsp3) is 0.500. The molecule has 21 heavy (non-hydrogen) atoms. The van der Waals surface area contributed by atoms with Crippen molar-refractivity contribution in [3.05, 3.63) is 23.4 Å². The Morgan fingerprint density at radius 1 is 1.33 bits per heavy atom. The third-order valence-electron chi connectivity index (χ3n) is 3.00. The molecule has 1 N–H and O–H groups in total. The fourth-order valence-electron chi connectivity index (χ4n) is 1.95. The van der Waals surface area contributed by atoms with Gasteiger partial charge in [0.25, 0.3) is 0 Å². The molecule has 8 nitrogen and oxygen atoms in total. The summed E-state index contributed by atoms with van der Waals surface area (Å²) in [5, 5.41) is 0.538. The van der Waals surface area contributed by atoms with E-state index >= 15 is 0 Å². The maximum Gasteiger partial charge on any atom is 0.317 e. The summed E-state index contributed by atoms with van der Waals surface area (Å²) in [7, 11) is -6.93. The Labute approximate surface area is 128 Å². The summed E-state index contributed by atoms with van der Waals surface area (Å²) in [6.07, 6.45) is 1.53. The van der Waals surface area contributed by atoms with Crippen LogP contribution in [0.25, 0.3) is 0 Å². The number of hydrogen-bond donors (Lipinski definition) is 1. The summed E-state index contributed by atoms with van der Waals surface area (Å²) in [5.74, 6) is -0.0476. The highest BCUT2D eigenvalue weighted by Crippen LogP contribution is 2.20. The molecule has 0 radical (unpaired) electrons. The van der Waals surface area contributed by atoms with E-state index in [0.717, 1.165) is 5.82 Å². The van der Waals surface area contributed by atoms with Crippen LogP contribution in [0.5, 0.6) is 0 Å². The van der Waals surface area contributed by atoms with Gasteiger partial charge in [-0.15, -0.1) is 0 Å². The molecule has 1 unspecified atom stereocenters. The number of nitrogens with zero attached hydrogens (tertiary/aromatic N) is 3. The van der Waals surface area contributed by atoms with Crippen molar-refractivity contribution in [1.82, 2.24) is 9.29 Å². The minimum absolute atomic E-state index is 0.266. The molecule has 0 aliphatic carbocycles. The summed E-state index contributed by atoms with van der Waals surface area (Å²) in [6.45, 7) is 1.48. The van der Waals surface area contributed by atoms with Gasteiger partial charge in [0.2, 0.25) is 10.0 Å². The van der Waals surface area contributed by atoms with E-state index in [1.807, 2.05) is 4.90 Å². The van der Waals surface area contributed by atoms with Crippen molar-refractivity contribution >= 4 is 35.7 Å². The second kappa shape index (κ2) is 7.04. The van der Waals surface area contributed by atoms with Crippen molar-refractivity contribution in [2.45, 2.75) is 0 Å². The summed E-state index contributed by atoms with van der Waals surface area (Å²) in [5.41, 5.74) is 0. The van der Waals surface area contributed by atoms with Crippen molar-refractivity contribution in [1.29, 1.82) is 0 Å². The van der Waals surface area contributed by atoms with Crippen molar-refractivity contribution in [3.63, 3.8) is 0 Å². The van der Waals surface area contributed by atoms with E-state index in [2.05, 4.69) is 9.51 Å². The first-order valence-electron chi connectivity index (χ1n) is 6.08. The Morgan fingerprint density at radius 2 is 2.00 bits per heavy atom. The number of piperazine rings is 1. The van der Waals surface area contributed by atoms with Gasteiger partial charge in [0.05, 0.1) is 5.02 Å². The first-order chi connectivity index (χ1) is 9.88. The van der Waals surface area contributed by atoms with Crippen LogP contribution in [0.4, 0.5) is 5.82 Å². The molecule has 1 atom stereocenters. The highest BCUT2D eigenvalue weighted by molar-refractivity contribution is 7.89. The van der Waals surface area contributed by atoms with E-state index in [1.54, 1.807) is 12.1 Å². The fourth-order valence-corrected chi connectivity index (χ4v) is 3.93. The summed E-state index contributed by atoms with van der Waals surface area (Å²) >= 11 is 5.77. The molecule has 1 fully saturated rings. The molecule has 0 bridgehead atoms. The Balaban J connectivity index is 1.93. The third kappa shape index (κ3) is 4.64. The lowest BCUT2D eigenvalue weighted by Crippen LogP contribution is -2.49. The molecular formula is C10H15ClN3O5PS. The molecule has 0 saturated carbocycles. The van der Waals surface area contributed by atoms with Gasteiger partial charge in [-0.1, -0.05) is 11.6 Å². The standard InChI is InChI=1S/C10H15ClN3O5PS/c11-9-1-2-10(12-7-9)13-3-5-14(6-4-13)21(17,18)8-19-20(15)16/h1-2,7,20H,3-6,8H2,(H,15,16). The van der Waals surface area contributed by atoms with Crippen LogP contribution in [0.2, 0.25) is 5.02 Å². The van der Waals surface area contributed by atoms with Crippen molar-refractivity contribution < 1.29 is 22.4 Å². The molecule has 11 heteroatoms. The minimum Gasteiger partial charge on any atom is -0.354 e.